The molecule has 1 aliphatic rings. The number of piperidine rings is 1. The van der Waals surface area contributed by atoms with Crippen molar-refractivity contribution < 1.29 is 4.79 Å². The van der Waals surface area contributed by atoms with Gasteiger partial charge in [-0.25, -0.2) is 0 Å². The van der Waals surface area contributed by atoms with Crippen LogP contribution in [0.1, 0.15) is 26.2 Å². The molecule has 2 atom stereocenters. The quantitative estimate of drug-likeness (QED) is 0.706. The van der Waals surface area contributed by atoms with Crippen LogP contribution in [0.15, 0.2) is 0 Å². The molecule has 2 unspecified atom stereocenters. The van der Waals surface area contributed by atoms with Crippen LogP contribution in [0, 0.1) is 5.92 Å². The van der Waals surface area contributed by atoms with Crippen molar-refractivity contribution in [1.29, 1.82) is 0 Å². The molecule has 0 aromatic carbocycles. The van der Waals surface area contributed by atoms with Crippen molar-refractivity contribution in [3.8, 4) is 0 Å². The van der Waals surface area contributed by atoms with Crippen LogP contribution in [0.4, 0.5) is 0 Å². The molecule has 5 heteroatoms. The first kappa shape index (κ1) is 13.4. The summed E-state index contributed by atoms with van der Waals surface area (Å²) in [5.74, 6) is -0.336. The predicted octanol–water partition coefficient (Wildman–Crippen LogP) is 0.509. The summed E-state index contributed by atoms with van der Waals surface area (Å²) in [5.41, 5.74) is 5.54. The second-order valence-corrected chi connectivity index (χ2v) is 4.94. The molecule has 3 N–H and O–H groups in total. The van der Waals surface area contributed by atoms with Crippen LogP contribution in [-0.2, 0) is 4.79 Å². The van der Waals surface area contributed by atoms with E-state index in [1.165, 1.54) is 0 Å². The van der Waals surface area contributed by atoms with E-state index < -0.39 is 0 Å². The fourth-order valence-corrected chi connectivity index (χ4v) is 2.38. The van der Waals surface area contributed by atoms with Crippen LogP contribution in [-0.4, -0.2) is 42.0 Å². The maximum absolute atomic E-state index is 11.9. The zero-order valence-electron chi connectivity index (χ0n) is 10.0. The normalized spacial score (nSPS) is 23.8. The van der Waals surface area contributed by atoms with E-state index in [1.54, 1.807) is 0 Å². The molecular formula is C11H21N3OS. The highest BCUT2D eigenvalue weighted by Crippen LogP contribution is 2.10. The lowest BCUT2D eigenvalue weighted by molar-refractivity contribution is -0.124. The van der Waals surface area contributed by atoms with Gasteiger partial charge < -0.3 is 16.0 Å². The first-order chi connectivity index (χ1) is 7.54. The molecule has 1 rings (SSSR count). The Kier molecular flexibility index (Phi) is 5.15. The molecule has 0 radical (unpaired) electrons. The number of nitrogens with zero attached hydrogens (tertiary/aromatic N) is 1. The standard InChI is InChI=1S/C11H21N3OS/c1-3-9(10(12)16)11(15)13-8-5-4-6-14(2)7-8/h8-9H,3-7H2,1-2H3,(H2,12,16)(H,13,15). The molecule has 1 aliphatic heterocycles. The molecule has 1 saturated heterocycles. The highest BCUT2D eigenvalue weighted by atomic mass is 32.1. The SMILES string of the molecule is CCC(C(=O)NC1CCCN(C)C1)C(N)=S. The van der Waals surface area contributed by atoms with Crippen LogP contribution in [0.25, 0.3) is 0 Å². The van der Waals surface area contributed by atoms with Crippen molar-refractivity contribution in [3.63, 3.8) is 0 Å². The number of hydrogen-bond acceptors (Lipinski definition) is 3. The van der Waals surface area contributed by atoms with Gasteiger partial charge in [-0.15, -0.1) is 0 Å². The third-order valence-electron chi connectivity index (χ3n) is 3.04. The lowest BCUT2D eigenvalue weighted by atomic mass is 10.0. The van der Waals surface area contributed by atoms with Gasteiger partial charge in [0.25, 0.3) is 0 Å². The maximum atomic E-state index is 11.9. The van der Waals surface area contributed by atoms with Crippen molar-refractivity contribution >= 4 is 23.1 Å². The zero-order valence-corrected chi connectivity index (χ0v) is 10.8. The summed E-state index contributed by atoms with van der Waals surface area (Å²) in [6.07, 6.45) is 2.85. The predicted molar refractivity (Wildman–Crippen MR) is 69.2 cm³/mol. The smallest absolute Gasteiger partial charge is 0.230 e. The Hall–Kier alpha value is -0.680. The van der Waals surface area contributed by atoms with Gasteiger partial charge in [-0.05, 0) is 32.9 Å². The van der Waals surface area contributed by atoms with Crippen LogP contribution in [0.5, 0.6) is 0 Å². The lowest BCUT2D eigenvalue weighted by Gasteiger charge is -2.31. The second-order valence-electron chi connectivity index (χ2n) is 4.47. The number of thiocarbonyl (C=S) groups is 1. The van der Waals surface area contributed by atoms with Gasteiger partial charge in [0.05, 0.1) is 10.9 Å². The Balaban J connectivity index is 2.46. The fraction of sp³-hybridized carbons (Fsp3) is 0.818. The van der Waals surface area contributed by atoms with E-state index in [1.807, 2.05) is 6.92 Å². The Bertz CT molecular complexity index is 270. The van der Waals surface area contributed by atoms with Crippen molar-refractivity contribution in [2.24, 2.45) is 11.7 Å². The minimum absolute atomic E-state index is 0.0182. The van der Waals surface area contributed by atoms with Gasteiger partial charge >= 0.3 is 0 Å². The van der Waals surface area contributed by atoms with E-state index in [2.05, 4.69) is 17.3 Å². The number of rotatable bonds is 4. The molecule has 0 saturated carbocycles. The van der Waals surface area contributed by atoms with Crippen molar-refractivity contribution in [2.75, 3.05) is 20.1 Å². The Labute approximate surface area is 103 Å². The molecule has 92 valence electrons. The van der Waals surface area contributed by atoms with E-state index in [0.717, 1.165) is 25.9 Å². The van der Waals surface area contributed by atoms with E-state index in [-0.39, 0.29) is 17.9 Å². The van der Waals surface area contributed by atoms with E-state index >= 15 is 0 Å². The van der Waals surface area contributed by atoms with Crippen LogP contribution in [0.3, 0.4) is 0 Å². The molecule has 4 nitrogen and oxygen atoms in total. The zero-order chi connectivity index (χ0) is 12.1. The minimum Gasteiger partial charge on any atom is -0.393 e. The molecule has 1 fully saturated rings. The number of carbonyl (C=O) groups is 1. The number of hydrogen-bond donors (Lipinski definition) is 2. The van der Waals surface area contributed by atoms with E-state index in [0.29, 0.717) is 11.4 Å². The number of nitrogens with two attached hydrogens (primary N) is 1. The summed E-state index contributed by atoms with van der Waals surface area (Å²) < 4.78 is 0. The molecule has 16 heavy (non-hydrogen) atoms. The lowest BCUT2D eigenvalue weighted by Crippen LogP contribution is -2.49. The summed E-state index contributed by atoms with van der Waals surface area (Å²) >= 11 is 4.89. The first-order valence-corrected chi connectivity index (χ1v) is 6.23. The Morgan fingerprint density at radius 3 is 2.88 bits per heavy atom. The minimum atomic E-state index is -0.317. The molecule has 0 spiro atoms. The molecule has 1 amide bonds. The number of likely N-dealkylation sites (N-methyl/N-ethyl adjacent to an activating group) is 1. The molecule has 0 aliphatic carbocycles. The monoisotopic (exact) mass is 243 g/mol. The summed E-state index contributed by atoms with van der Waals surface area (Å²) in [6, 6.07) is 0.245. The summed E-state index contributed by atoms with van der Waals surface area (Å²) in [7, 11) is 2.07. The maximum Gasteiger partial charge on any atom is 0.230 e. The highest BCUT2D eigenvalue weighted by molar-refractivity contribution is 7.80. The topological polar surface area (TPSA) is 58.4 Å². The second kappa shape index (κ2) is 6.15. The Morgan fingerprint density at radius 2 is 2.38 bits per heavy atom. The van der Waals surface area contributed by atoms with Crippen LogP contribution < -0.4 is 11.1 Å². The number of amides is 1. The van der Waals surface area contributed by atoms with Crippen LogP contribution >= 0.6 is 12.2 Å². The summed E-state index contributed by atoms with van der Waals surface area (Å²) in [5, 5.41) is 3.03. The molecule has 0 bridgehead atoms. The Morgan fingerprint density at radius 1 is 1.69 bits per heavy atom. The number of nitrogens with one attached hydrogen (secondary N) is 1. The molecular weight excluding hydrogens is 222 g/mol. The largest absolute Gasteiger partial charge is 0.393 e. The third-order valence-corrected chi connectivity index (χ3v) is 3.32. The average molecular weight is 243 g/mol. The molecule has 0 aromatic heterocycles. The molecule has 0 aromatic rings. The van der Waals surface area contributed by atoms with Gasteiger partial charge in [-0.1, -0.05) is 19.1 Å². The fourth-order valence-electron chi connectivity index (χ4n) is 2.10. The van der Waals surface area contributed by atoms with Gasteiger partial charge in [-0.3, -0.25) is 4.79 Å². The highest BCUT2D eigenvalue weighted by Gasteiger charge is 2.24. The van der Waals surface area contributed by atoms with Crippen molar-refractivity contribution in [2.45, 2.75) is 32.2 Å². The van der Waals surface area contributed by atoms with Gasteiger partial charge in [0.1, 0.15) is 0 Å². The van der Waals surface area contributed by atoms with Gasteiger partial charge in [0.15, 0.2) is 0 Å². The van der Waals surface area contributed by atoms with E-state index in [9.17, 15) is 4.79 Å². The number of carbonyl (C=O) groups excluding carboxylic acids is 1. The average Bonchev–Trinajstić information content (AvgIpc) is 2.17. The molecule has 1 heterocycles. The summed E-state index contributed by atoms with van der Waals surface area (Å²) in [4.78, 5) is 14.4. The third kappa shape index (κ3) is 3.72. The van der Waals surface area contributed by atoms with Crippen molar-refractivity contribution in [1.82, 2.24) is 10.2 Å². The van der Waals surface area contributed by atoms with Gasteiger partial charge in [0.2, 0.25) is 5.91 Å². The summed E-state index contributed by atoms with van der Waals surface area (Å²) in [6.45, 7) is 3.95. The first-order valence-electron chi connectivity index (χ1n) is 5.82. The number of likely N-dealkylation sites (tertiary alicyclic amines) is 1. The van der Waals surface area contributed by atoms with Gasteiger partial charge in [0, 0.05) is 12.6 Å². The van der Waals surface area contributed by atoms with E-state index in [4.69, 9.17) is 18.0 Å². The van der Waals surface area contributed by atoms with Crippen LogP contribution in [0.2, 0.25) is 0 Å². The van der Waals surface area contributed by atoms with Gasteiger partial charge in [-0.2, -0.15) is 0 Å². The van der Waals surface area contributed by atoms with Crippen molar-refractivity contribution in [3.05, 3.63) is 0 Å².